The molecule has 0 amide bonds. The van der Waals surface area contributed by atoms with Gasteiger partial charge in [-0.05, 0) is 50.1 Å². The Morgan fingerprint density at radius 3 is 2.43 bits per heavy atom. The van der Waals surface area contributed by atoms with E-state index in [1.54, 1.807) is 18.2 Å². The van der Waals surface area contributed by atoms with Gasteiger partial charge >= 0.3 is 0 Å². The van der Waals surface area contributed by atoms with Crippen LogP contribution in [0.4, 0.5) is 0 Å². The van der Waals surface area contributed by atoms with Crippen molar-refractivity contribution in [2.45, 2.75) is 26.7 Å². The smallest absolute Gasteiger partial charge is 0.161 e. The molecule has 0 aliphatic rings. The zero-order valence-corrected chi connectivity index (χ0v) is 13.1. The van der Waals surface area contributed by atoms with Crippen LogP contribution in [0.2, 0.25) is 0 Å². The molecule has 4 heteroatoms. The Labute approximate surface area is 135 Å². The van der Waals surface area contributed by atoms with E-state index in [4.69, 9.17) is 10.5 Å². The lowest BCUT2D eigenvalue weighted by Crippen LogP contribution is -2.01. The molecule has 0 radical (unpaired) electrons. The lowest BCUT2D eigenvalue weighted by atomic mass is 10.2. The van der Waals surface area contributed by atoms with Gasteiger partial charge in [0.05, 0.1) is 23.4 Å². The fourth-order valence-electron chi connectivity index (χ4n) is 2.34. The second-order valence-corrected chi connectivity index (χ2v) is 5.04. The second-order valence-electron chi connectivity index (χ2n) is 5.04. The van der Waals surface area contributed by atoms with Crippen molar-refractivity contribution < 1.29 is 4.79 Å². The van der Waals surface area contributed by atoms with Crippen molar-refractivity contribution in [1.82, 2.24) is 4.57 Å². The number of nitrogens with zero attached hydrogens (tertiary/aromatic N) is 3. The van der Waals surface area contributed by atoms with Crippen molar-refractivity contribution in [2.75, 3.05) is 0 Å². The van der Waals surface area contributed by atoms with Crippen LogP contribution in [0.1, 0.15) is 47.1 Å². The van der Waals surface area contributed by atoms with Crippen molar-refractivity contribution in [2.24, 2.45) is 0 Å². The average Bonchev–Trinajstić information content (AvgIpc) is 2.88. The quantitative estimate of drug-likeness (QED) is 0.495. The van der Waals surface area contributed by atoms with Crippen molar-refractivity contribution in [3.63, 3.8) is 0 Å². The van der Waals surface area contributed by atoms with Gasteiger partial charge in [-0.1, -0.05) is 5.92 Å². The van der Waals surface area contributed by atoms with E-state index in [0.29, 0.717) is 29.7 Å². The zero-order valence-electron chi connectivity index (χ0n) is 13.1. The number of hydrogen-bond donors (Lipinski definition) is 0. The highest BCUT2D eigenvalue weighted by Gasteiger charge is 2.15. The first-order valence-electron chi connectivity index (χ1n) is 7.18. The van der Waals surface area contributed by atoms with Gasteiger partial charge in [0.15, 0.2) is 5.78 Å². The van der Waals surface area contributed by atoms with E-state index in [2.05, 4.69) is 24.0 Å². The maximum absolute atomic E-state index is 11.8. The Balaban J connectivity index is 2.54. The number of carbonyl (C=O) groups is 1. The maximum Gasteiger partial charge on any atom is 0.161 e. The summed E-state index contributed by atoms with van der Waals surface area (Å²) in [5, 5.41) is 17.5. The van der Waals surface area contributed by atoms with Gasteiger partial charge < -0.3 is 4.57 Å². The molecule has 23 heavy (non-hydrogen) atoms. The molecule has 0 aliphatic heterocycles. The van der Waals surface area contributed by atoms with E-state index in [-0.39, 0.29) is 5.78 Å². The minimum Gasteiger partial charge on any atom is -0.307 e. The molecule has 0 unspecified atom stereocenters. The van der Waals surface area contributed by atoms with Crippen LogP contribution in [0, 0.1) is 41.4 Å². The molecule has 0 aliphatic carbocycles. The van der Waals surface area contributed by atoms with Crippen LogP contribution in [0.15, 0.2) is 30.3 Å². The highest BCUT2D eigenvalue weighted by atomic mass is 16.1. The van der Waals surface area contributed by atoms with E-state index in [1.807, 2.05) is 23.6 Å². The molecular weight excluding hydrogens is 286 g/mol. The molecule has 2 rings (SSSR count). The van der Waals surface area contributed by atoms with Gasteiger partial charge in [0, 0.05) is 29.8 Å². The monoisotopic (exact) mass is 301 g/mol. The molecule has 0 spiro atoms. The fourth-order valence-corrected chi connectivity index (χ4v) is 2.34. The normalized spacial score (nSPS) is 9.39. The third-order valence-corrected chi connectivity index (χ3v) is 3.46. The first kappa shape index (κ1) is 16.1. The Morgan fingerprint density at radius 1 is 1.17 bits per heavy atom. The Kier molecular flexibility index (Phi) is 4.98. The fraction of sp³-hybridized carbons (Fsp3) is 0.211. The van der Waals surface area contributed by atoms with Gasteiger partial charge in [-0.25, -0.2) is 0 Å². The first-order valence-corrected chi connectivity index (χ1v) is 7.18. The van der Waals surface area contributed by atoms with Crippen molar-refractivity contribution >= 4 is 5.78 Å². The molecule has 1 aromatic heterocycles. The highest BCUT2D eigenvalue weighted by Crippen LogP contribution is 2.21. The lowest BCUT2D eigenvalue weighted by molar-refractivity contribution is 0.101. The van der Waals surface area contributed by atoms with Crippen LogP contribution in [-0.4, -0.2) is 10.4 Å². The van der Waals surface area contributed by atoms with Crippen molar-refractivity contribution in [3.05, 3.63) is 52.8 Å². The van der Waals surface area contributed by atoms with Crippen LogP contribution in [0.25, 0.3) is 5.69 Å². The number of benzene rings is 1. The molecule has 0 N–H and O–H groups in total. The second kappa shape index (κ2) is 7.12. The number of aromatic nitrogens is 1. The lowest BCUT2D eigenvalue weighted by Gasteiger charge is -2.09. The number of hydrogen-bond acceptors (Lipinski definition) is 3. The van der Waals surface area contributed by atoms with Crippen LogP contribution >= 0.6 is 0 Å². The molecule has 4 nitrogen and oxygen atoms in total. The first-order chi connectivity index (χ1) is 11.1. The Hall–Kier alpha value is -3.29. The number of unbranched alkanes of at least 4 members (excludes halogenated alkanes) is 1. The van der Waals surface area contributed by atoms with Gasteiger partial charge in [-0.3, -0.25) is 4.79 Å². The van der Waals surface area contributed by atoms with Gasteiger partial charge in [-0.2, -0.15) is 10.5 Å². The SMILES string of the molecule is CC(=O)c1cc(C#CCCC#N)n(-c2ccc(C#N)cc2)c1C. The highest BCUT2D eigenvalue weighted by molar-refractivity contribution is 5.96. The number of Topliss-reactive ketones (excluding diaryl/α,β-unsaturated/α-hetero) is 1. The van der Waals surface area contributed by atoms with Crippen molar-refractivity contribution in [1.29, 1.82) is 10.5 Å². The summed E-state index contributed by atoms with van der Waals surface area (Å²) in [6.45, 7) is 3.40. The Morgan fingerprint density at radius 2 is 1.87 bits per heavy atom. The predicted octanol–water partition coefficient (Wildman–Crippen LogP) is 3.52. The molecule has 0 saturated carbocycles. The van der Waals surface area contributed by atoms with Gasteiger partial charge in [0.2, 0.25) is 0 Å². The average molecular weight is 301 g/mol. The van der Waals surface area contributed by atoms with Crippen LogP contribution < -0.4 is 0 Å². The summed E-state index contributed by atoms with van der Waals surface area (Å²) in [5.74, 6) is 5.98. The molecule has 0 atom stereocenters. The minimum atomic E-state index is -0.0185. The van der Waals surface area contributed by atoms with Gasteiger partial charge in [0.1, 0.15) is 0 Å². The Bertz CT molecular complexity index is 878. The third-order valence-electron chi connectivity index (χ3n) is 3.46. The van der Waals surface area contributed by atoms with E-state index >= 15 is 0 Å². The van der Waals surface area contributed by atoms with Gasteiger partial charge in [0.25, 0.3) is 0 Å². The maximum atomic E-state index is 11.8. The summed E-state index contributed by atoms with van der Waals surface area (Å²) in [6, 6.07) is 13.0. The number of nitriles is 2. The van der Waals surface area contributed by atoms with Crippen LogP contribution in [0.5, 0.6) is 0 Å². The van der Waals surface area contributed by atoms with E-state index in [0.717, 1.165) is 11.4 Å². The van der Waals surface area contributed by atoms with E-state index in [9.17, 15) is 4.79 Å². The number of ketones is 1. The number of carbonyl (C=O) groups excluding carboxylic acids is 1. The topological polar surface area (TPSA) is 69.6 Å². The van der Waals surface area contributed by atoms with E-state index < -0.39 is 0 Å². The molecule has 1 aromatic carbocycles. The molecule has 2 aromatic rings. The standard InChI is InChI=1S/C19H15N3O/c1-14-19(15(2)23)12-18(6-4-3-5-11-20)22(14)17-9-7-16(13-21)8-10-17/h7-10,12H,3,5H2,1-2H3. The molecule has 112 valence electrons. The molecule has 0 saturated heterocycles. The summed E-state index contributed by atoms with van der Waals surface area (Å²) in [7, 11) is 0. The molecule has 0 fully saturated rings. The van der Waals surface area contributed by atoms with E-state index in [1.165, 1.54) is 6.92 Å². The van der Waals surface area contributed by atoms with Crippen LogP contribution in [-0.2, 0) is 0 Å². The minimum absolute atomic E-state index is 0.0185. The summed E-state index contributed by atoms with van der Waals surface area (Å²) < 4.78 is 1.90. The predicted molar refractivity (Wildman–Crippen MR) is 87.0 cm³/mol. The largest absolute Gasteiger partial charge is 0.307 e. The molecule has 0 bridgehead atoms. The third kappa shape index (κ3) is 3.49. The van der Waals surface area contributed by atoms with Crippen molar-refractivity contribution in [3.8, 4) is 29.7 Å². The zero-order chi connectivity index (χ0) is 16.8. The summed E-state index contributed by atoms with van der Waals surface area (Å²) in [5.41, 5.74) is 3.56. The summed E-state index contributed by atoms with van der Waals surface area (Å²) >= 11 is 0. The van der Waals surface area contributed by atoms with Crippen LogP contribution in [0.3, 0.4) is 0 Å². The summed E-state index contributed by atoms with van der Waals surface area (Å²) in [4.78, 5) is 11.8. The molecular formula is C19H15N3O. The van der Waals surface area contributed by atoms with Gasteiger partial charge in [-0.15, -0.1) is 0 Å². The summed E-state index contributed by atoms with van der Waals surface area (Å²) in [6.07, 6.45) is 0.868. The number of rotatable bonds is 3. The molecule has 1 heterocycles.